The molecule has 3 aromatic rings. The van der Waals surface area contributed by atoms with Gasteiger partial charge in [-0.2, -0.15) is 0 Å². The molecule has 3 N–H and O–H groups in total. The topological polar surface area (TPSA) is 90.6 Å². The summed E-state index contributed by atoms with van der Waals surface area (Å²) < 4.78 is 13.0. The zero-order valence-corrected chi connectivity index (χ0v) is 28.4. The first-order valence-electron chi connectivity index (χ1n) is 17.2. The maximum atomic E-state index is 13.9. The monoisotopic (exact) mass is 634 g/mol. The molecule has 2 aliphatic carbocycles. The first-order valence-corrected chi connectivity index (χ1v) is 17.2. The van der Waals surface area contributed by atoms with Gasteiger partial charge in [-0.1, -0.05) is 107 Å². The van der Waals surface area contributed by atoms with Gasteiger partial charge in [0.05, 0.1) is 11.1 Å². The minimum Gasteiger partial charge on any atom is -0.454 e. The van der Waals surface area contributed by atoms with Crippen LogP contribution in [0.15, 0.2) is 103 Å². The lowest BCUT2D eigenvalue weighted by Gasteiger charge is -2.55. The van der Waals surface area contributed by atoms with Crippen molar-refractivity contribution in [3.8, 4) is 0 Å². The quantitative estimate of drug-likeness (QED) is 0.154. The van der Waals surface area contributed by atoms with Crippen LogP contribution in [0, 0.1) is 24.2 Å². The number of unbranched alkanes of at least 4 members (excludes halogenated alkanes) is 1. The van der Waals surface area contributed by atoms with Gasteiger partial charge in [0.15, 0.2) is 0 Å². The lowest BCUT2D eigenvalue weighted by atomic mass is 9.52. The molecule has 0 amide bonds. The Morgan fingerprint density at radius 3 is 2.11 bits per heavy atom. The van der Waals surface area contributed by atoms with Crippen LogP contribution in [-0.2, 0) is 9.47 Å². The van der Waals surface area contributed by atoms with Gasteiger partial charge in [0.1, 0.15) is 12.2 Å². The number of nitrogens with two attached hydrogens (primary N) is 1. The largest absolute Gasteiger partial charge is 0.454 e. The molecule has 1 fully saturated rings. The Labute approximate surface area is 280 Å². The Kier molecular flexibility index (Phi) is 11.0. The smallest absolute Gasteiger partial charge is 0.338 e. The molecule has 0 radical (unpaired) electrons. The minimum atomic E-state index is -0.757. The van der Waals surface area contributed by atoms with Gasteiger partial charge in [-0.15, -0.1) is 0 Å². The lowest BCUT2D eigenvalue weighted by molar-refractivity contribution is -0.122. The van der Waals surface area contributed by atoms with Crippen LogP contribution in [0.1, 0.15) is 103 Å². The molecule has 0 aliphatic heterocycles. The fraction of sp³-hybridized carbons (Fsp3) is 0.415. The number of fused-ring (bicyclic) bond motifs is 1. The lowest BCUT2D eigenvalue weighted by Crippen LogP contribution is -2.58. The highest BCUT2D eigenvalue weighted by Crippen LogP contribution is 2.57. The summed E-state index contributed by atoms with van der Waals surface area (Å²) in [5.74, 6) is -1.42. The van der Waals surface area contributed by atoms with Gasteiger partial charge < -0.3 is 20.5 Å². The van der Waals surface area contributed by atoms with Crippen molar-refractivity contribution in [2.24, 2.45) is 23.0 Å². The summed E-state index contributed by atoms with van der Waals surface area (Å²) >= 11 is 0. The number of esters is 2. The number of nitrogens with one attached hydrogen (secondary N) is 1. The van der Waals surface area contributed by atoms with E-state index in [0.717, 1.165) is 54.6 Å². The van der Waals surface area contributed by atoms with Crippen molar-refractivity contribution in [3.05, 3.63) is 131 Å². The standard InChI is InChI=1S/C41H50N2O4/c1-6-8-24-43-32-22-23-34-36(33-25-31(21-20-27(33)3)35(42)15-7-2)38(47-40(45)30-18-13-10-14-19-30)37(28(4)41(34,5)26-32)46-39(44)29-16-11-9-12-17-29/h9-14,16-23,25-26,28,34-38,43H,6-8,15,24,42H2,1-5H3. The predicted octanol–water partition coefficient (Wildman–Crippen LogP) is 8.45. The van der Waals surface area contributed by atoms with E-state index in [1.54, 1.807) is 24.3 Å². The molecule has 0 bridgehead atoms. The van der Waals surface area contributed by atoms with E-state index in [1.165, 1.54) is 0 Å². The van der Waals surface area contributed by atoms with Gasteiger partial charge >= 0.3 is 11.9 Å². The van der Waals surface area contributed by atoms with Crippen molar-refractivity contribution in [2.45, 2.75) is 84.5 Å². The highest BCUT2D eigenvalue weighted by molar-refractivity contribution is 5.90. The number of rotatable bonds is 12. The SMILES string of the molecule is CCCCNC1=CC2(C)C(C)C(OC(=O)c3ccccc3)C(OC(=O)c3ccccc3)C(c3cc(C(N)CCC)ccc3C)C2C=C1. The maximum Gasteiger partial charge on any atom is 0.338 e. The second kappa shape index (κ2) is 15.2. The summed E-state index contributed by atoms with van der Waals surface area (Å²) in [6.07, 6.45) is 9.27. The molecule has 7 atom stereocenters. The van der Waals surface area contributed by atoms with Gasteiger partial charge in [0.2, 0.25) is 0 Å². The van der Waals surface area contributed by atoms with Crippen LogP contribution in [0.4, 0.5) is 0 Å². The van der Waals surface area contributed by atoms with E-state index in [-0.39, 0.29) is 23.8 Å². The summed E-state index contributed by atoms with van der Waals surface area (Å²) in [7, 11) is 0. The van der Waals surface area contributed by atoms with Gasteiger partial charge in [0.25, 0.3) is 0 Å². The Morgan fingerprint density at radius 1 is 0.894 bits per heavy atom. The minimum absolute atomic E-state index is 0.0502. The molecule has 248 valence electrons. The number of allylic oxidation sites excluding steroid dienone is 3. The summed E-state index contributed by atoms with van der Waals surface area (Å²) in [5.41, 5.74) is 11.4. The van der Waals surface area contributed by atoms with Crippen molar-refractivity contribution in [3.63, 3.8) is 0 Å². The zero-order valence-electron chi connectivity index (χ0n) is 28.4. The van der Waals surface area contributed by atoms with Crippen LogP contribution in [0.3, 0.4) is 0 Å². The first kappa shape index (κ1) is 34.2. The van der Waals surface area contributed by atoms with Crippen molar-refractivity contribution in [1.29, 1.82) is 0 Å². The number of ether oxygens (including phenoxy) is 2. The molecule has 0 saturated heterocycles. The van der Waals surface area contributed by atoms with Gasteiger partial charge in [0, 0.05) is 35.5 Å². The number of carbonyl (C=O) groups excluding carboxylic acids is 2. The highest BCUT2D eigenvalue weighted by atomic mass is 16.6. The zero-order chi connectivity index (χ0) is 33.6. The Hall–Kier alpha value is -4.16. The van der Waals surface area contributed by atoms with E-state index >= 15 is 0 Å². The van der Waals surface area contributed by atoms with Crippen molar-refractivity contribution < 1.29 is 19.1 Å². The van der Waals surface area contributed by atoms with Crippen LogP contribution in [0.5, 0.6) is 0 Å². The molecule has 0 aromatic heterocycles. The van der Waals surface area contributed by atoms with Crippen molar-refractivity contribution in [2.75, 3.05) is 6.54 Å². The van der Waals surface area contributed by atoms with E-state index < -0.39 is 29.6 Å². The van der Waals surface area contributed by atoms with E-state index in [9.17, 15) is 9.59 Å². The normalized spacial score (nSPS) is 25.7. The third kappa shape index (κ3) is 7.38. The Balaban J connectivity index is 1.66. The molecule has 47 heavy (non-hydrogen) atoms. The second-order valence-corrected chi connectivity index (χ2v) is 13.4. The number of carbonyl (C=O) groups is 2. The van der Waals surface area contributed by atoms with Crippen LogP contribution < -0.4 is 11.1 Å². The van der Waals surface area contributed by atoms with E-state index in [1.807, 2.05) is 36.4 Å². The molecule has 6 heteroatoms. The van der Waals surface area contributed by atoms with Crippen molar-refractivity contribution in [1.82, 2.24) is 5.32 Å². The maximum absolute atomic E-state index is 13.9. The fourth-order valence-electron chi connectivity index (χ4n) is 7.34. The molecule has 0 heterocycles. The summed E-state index contributed by atoms with van der Waals surface area (Å²) in [4.78, 5) is 27.6. The molecule has 5 rings (SSSR count). The molecule has 3 aromatic carbocycles. The average molecular weight is 635 g/mol. The van der Waals surface area contributed by atoms with E-state index in [2.05, 4.69) is 76.4 Å². The first-order chi connectivity index (χ1) is 22.7. The van der Waals surface area contributed by atoms with Crippen LogP contribution in [-0.4, -0.2) is 30.7 Å². The fourth-order valence-corrected chi connectivity index (χ4v) is 7.34. The van der Waals surface area contributed by atoms with Crippen LogP contribution >= 0.6 is 0 Å². The highest BCUT2D eigenvalue weighted by Gasteiger charge is 2.58. The third-order valence-electron chi connectivity index (χ3n) is 10.3. The number of hydrogen-bond donors (Lipinski definition) is 2. The molecule has 1 saturated carbocycles. The molecular weight excluding hydrogens is 584 g/mol. The Morgan fingerprint density at radius 2 is 1.51 bits per heavy atom. The van der Waals surface area contributed by atoms with E-state index in [0.29, 0.717) is 11.1 Å². The molecule has 7 unspecified atom stereocenters. The predicted molar refractivity (Wildman–Crippen MR) is 188 cm³/mol. The van der Waals surface area contributed by atoms with E-state index in [4.69, 9.17) is 15.2 Å². The second-order valence-electron chi connectivity index (χ2n) is 13.4. The number of hydrogen-bond acceptors (Lipinski definition) is 6. The third-order valence-corrected chi connectivity index (χ3v) is 10.3. The van der Waals surface area contributed by atoms with Gasteiger partial charge in [-0.05, 0) is 72.7 Å². The summed E-state index contributed by atoms with van der Waals surface area (Å²) in [6, 6.07) is 24.4. The number of benzene rings is 3. The summed E-state index contributed by atoms with van der Waals surface area (Å²) in [6.45, 7) is 11.7. The molecule has 6 nitrogen and oxygen atoms in total. The van der Waals surface area contributed by atoms with Crippen molar-refractivity contribution >= 4 is 11.9 Å². The summed E-state index contributed by atoms with van der Waals surface area (Å²) in [5, 5.41) is 3.62. The number of aryl methyl sites for hydroxylation is 1. The molecule has 0 spiro atoms. The molecule has 2 aliphatic rings. The van der Waals surface area contributed by atoms with Crippen LogP contribution in [0.2, 0.25) is 0 Å². The Bertz CT molecular complexity index is 1580. The average Bonchev–Trinajstić information content (AvgIpc) is 3.08. The van der Waals surface area contributed by atoms with Crippen LogP contribution in [0.25, 0.3) is 0 Å². The van der Waals surface area contributed by atoms with Gasteiger partial charge in [-0.25, -0.2) is 9.59 Å². The molecular formula is C41H50N2O4. The van der Waals surface area contributed by atoms with Gasteiger partial charge in [-0.3, -0.25) is 0 Å².